The zero-order valence-corrected chi connectivity index (χ0v) is 43.8. The second-order valence-electron chi connectivity index (χ2n) is 16.8. The van der Waals surface area contributed by atoms with Crippen LogP contribution in [0.25, 0.3) is 0 Å². The number of nitrogens with one attached hydrogen (secondary N) is 1. The Kier molecular flexibility index (Phi) is 22.1. The number of hydrogen-bond donors (Lipinski definition) is 2. The van der Waals surface area contributed by atoms with E-state index in [4.69, 9.17) is 70.5 Å². The van der Waals surface area contributed by atoms with E-state index in [-0.39, 0.29) is 67.2 Å². The minimum absolute atomic E-state index is 0.0107. The fraction of sp³-hybridized carbons (Fsp3) is 0.296. The maximum absolute atomic E-state index is 13.7. The van der Waals surface area contributed by atoms with Crippen LogP contribution >= 0.6 is 46.4 Å². The Bertz CT molecular complexity index is 2730. The van der Waals surface area contributed by atoms with Crippen molar-refractivity contribution in [3.8, 4) is 11.5 Å². The lowest BCUT2D eigenvalue weighted by atomic mass is 10.0. The van der Waals surface area contributed by atoms with Gasteiger partial charge in [0.2, 0.25) is 11.8 Å². The number of benzene rings is 5. The molecule has 5 aromatic carbocycles. The third-order valence-electron chi connectivity index (χ3n) is 11.7. The van der Waals surface area contributed by atoms with Crippen molar-refractivity contribution in [2.45, 2.75) is 51.0 Å². The molecule has 0 saturated carbocycles. The van der Waals surface area contributed by atoms with Crippen molar-refractivity contribution in [2.75, 3.05) is 64.4 Å². The van der Waals surface area contributed by atoms with Gasteiger partial charge in [0, 0.05) is 73.9 Å². The van der Waals surface area contributed by atoms with Gasteiger partial charge >= 0.3 is 30.1 Å². The Morgan fingerprint density at radius 3 is 1.47 bits per heavy atom. The monoisotopic (exact) mass is 1120 g/mol. The average Bonchev–Trinajstić information content (AvgIpc) is 3.83. The van der Waals surface area contributed by atoms with Crippen LogP contribution in [0.5, 0.6) is 11.5 Å². The smallest absolute Gasteiger partial charge is 0.422 e. The third kappa shape index (κ3) is 16.3. The molecule has 5 aromatic rings. The molecule has 0 radical (unpaired) electrons. The molecule has 0 aromatic heterocycles. The van der Waals surface area contributed by atoms with Gasteiger partial charge in [-0.25, -0.2) is 33.8 Å². The minimum Gasteiger partial charge on any atom is -0.480 e. The van der Waals surface area contributed by atoms with Crippen LogP contribution in [0.1, 0.15) is 57.5 Å². The van der Waals surface area contributed by atoms with E-state index < -0.39 is 59.9 Å². The highest BCUT2D eigenvalue weighted by Crippen LogP contribution is 2.28. The van der Waals surface area contributed by atoms with Crippen LogP contribution in [-0.2, 0) is 41.9 Å². The standard InChI is InChI=1S/C38H35Cl2N3O8.C16H18Cl2N2O5/c39-17-19-42(20-18-40)30-11-13-32(14-12-30)51-38(48)41-33-15-16-34(44)43(35(33)45)31-22-28(36(46)49-24-26-7-3-1-4-8-26)21-29(23-31)37(47)50-25-27-9-5-2-6-10-27;17-7-9-19(10-8-18)11-1-3-12(4-2-11)25-16(24)20-13(15(22)23)5-6-14(20)21/h1-14,21-23,33H,15-20,24-25H2,(H,41,48);1-4,13H,5-10H2,(H,22,23)/t33-;13-/m00/s1. The summed E-state index contributed by atoms with van der Waals surface area (Å²) in [6, 6.07) is 32.9. The number of piperidine rings is 1. The van der Waals surface area contributed by atoms with E-state index in [9.17, 15) is 38.4 Å². The molecule has 2 heterocycles. The highest BCUT2D eigenvalue weighted by atomic mass is 35.5. The summed E-state index contributed by atoms with van der Waals surface area (Å²) < 4.78 is 21.5. The zero-order chi connectivity index (χ0) is 54.6. The van der Waals surface area contributed by atoms with Crippen molar-refractivity contribution >= 4 is 111 Å². The van der Waals surface area contributed by atoms with Crippen molar-refractivity contribution in [2.24, 2.45) is 0 Å². The summed E-state index contributed by atoms with van der Waals surface area (Å²) in [6.45, 7) is 2.32. The molecule has 2 atom stereocenters. The molecule has 18 nitrogen and oxygen atoms in total. The van der Waals surface area contributed by atoms with Crippen molar-refractivity contribution in [3.05, 3.63) is 150 Å². The maximum atomic E-state index is 13.7. The topological polar surface area (TPSA) is 219 Å². The molecule has 0 aliphatic carbocycles. The molecule has 2 aliphatic heterocycles. The van der Waals surface area contributed by atoms with Gasteiger partial charge in [-0.2, -0.15) is 0 Å². The largest absolute Gasteiger partial charge is 0.480 e. The SMILES string of the molecule is O=C(N[C@H]1CCC(=O)N(c2cc(C(=O)OCc3ccccc3)cc(C(=O)OCc3ccccc3)c2)C1=O)Oc1ccc(N(CCCl)CCCl)cc1.O=C(O)[C@@H]1CCC(=O)N1C(=O)Oc1ccc(N(CCCl)CCCl)cc1. The molecule has 2 aliphatic rings. The Hall–Kier alpha value is -7.38. The molecule has 76 heavy (non-hydrogen) atoms. The predicted molar refractivity (Wildman–Crippen MR) is 286 cm³/mol. The minimum atomic E-state index is -1.23. The van der Waals surface area contributed by atoms with Crippen molar-refractivity contribution in [3.63, 3.8) is 0 Å². The zero-order valence-electron chi connectivity index (χ0n) is 40.8. The number of halogens is 4. The number of esters is 2. The van der Waals surface area contributed by atoms with Crippen molar-refractivity contribution in [1.82, 2.24) is 10.2 Å². The number of imide groups is 2. The van der Waals surface area contributed by atoms with Gasteiger partial charge in [-0.05, 0) is 90.7 Å². The Labute approximate surface area is 458 Å². The highest BCUT2D eigenvalue weighted by Gasteiger charge is 2.42. The molecule has 22 heteroatoms. The first-order chi connectivity index (χ1) is 36.7. The number of carbonyl (C=O) groups excluding carboxylic acids is 7. The molecule has 5 amide bonds. The van der Waals surface area contributed by atoms with Gasteiger partial charge < -0.3 is 39.2 Å². The van der Waals surface area contributed by atoms with E-state index in [1.54, 1.807) is 97.1 Å². The van der Waals surface area contributed by atoms with E-state index in [2.05, 4.69) is 5.32 Å². The summed E-state index contributed by atoms with van der Waals surface area (Å²) in [6.07, 6.45) is -1.89. The molecule has 0 bridgehead atoms. The molecular formula is C54H53Cl4N5O13. The number of carbonyl (C=O) groups is 8. The van der Waals surface area contributed by atoms with Gasteiger partial charge in [-0.3, -0.25) is 14.4 Å². The van der Waals surface area contributed by atoms with E-state index >= 15 is 0 Å². The first-order valence-corrected chi connectivity index (χ1v) is 26.0. The summed E-state index contributed by atoms with van der Waals surface area (Å²) in [5.74, 6) is -2.54. The first-order valence-electron chi connectivity index (χ1n) is 23.9. The number of carboxylic acid groups (broad SMARTS) is 1. The number of rotatable bonds is 21. The fourth-order valence-corrected chi connectivity index (χ4v) is 8.77. The Morgan fingerprint density at radius 2 is 1.03 bits per heavy atom. The van der Waals surface area contributed by atoms with Gasteiger partial charge in [0.25, 0.3) is 5.91 Å². The summed E-state index contributed by atoms with van der Waals surface area (Å²) in [7, 11) is 0. The van der Waals surface area contributed by atoms with Crippen LogP contribution in [0.15, 0.2) is 127 Å². The third-order valence-corrected chi connectivity index (χ3v) is 12.4. The number of likely N-dealkylation sites (tertiary alicyclic amines) is 1. The quantitative estimate of drug-likeness (QED) is 0.0398. The van der Waals surface area contributed by atoms with Crippen LogP contribution in [-0.4, -0.2) is 120 Å². The molecule has 2 N–H and O–H groups in total. The van der Waals surface area contributed by atoms with Crippen LogP contribution in [0.4, 0.5) is 26.7 Å². The molecule has 2 saturated heterocycles. The molecule has 7 rings (SSSR count). The maximum Gasteiger partial charge on any atom is 0.422 e. The lowest BCUT2D eigenvalue weighted by molar-refractivity contribution is -0.144. The van der Waals surface area contributed by atoms with E-state index in [1.165, 1.54) is 18.2 Å². The Morgan fingerprint density at radius 1 is 0.579 bits per heavy atom. The van der Waals surface area contributed by atoms with Crippen LogP contribution in [0.2, 0.25) is 0 Å². The number of hydrogen-bond acceptors (Lipinski definition) is 14. The second-order valence-corrected chi connectivity index (χ2v) is 18.3. The fourth-order valence-electron chi connectivity index (χ4n) is 7.95. The molecule has 400 valence electrons. The number of carboxylic acids is 1. The summed E-state index contributed by atoms with van der Waals surface area (Å²) in [5.41, 5.74) is 2.97. The van der Waals surface area contributed by atoms with Crippen molar-refractivity contribution < 1.29 is 62.4 Å². The molecule has 2 fully saturated rings. The predicted octanol–water partition coefficient (Wildman–Crippen LogP) is 9.04. The van der Waals surface area contributed by atoms with Gasteiger partial charge in [0.15, 0.2) is 0 Å². The lowest BCUT2D eigenvalue weighted by Gasteiger charge is -2.31. The normalized spacial score (nSPS) is 15.0. The van der Waals surface area contributed by atoms with Gasteiger partial charge in [-0.1, -0.05) is 60.7 Å². The van der Waals surface area contributed by atoms with Gasteiger partial charge in [0.1, 0.15) is 36.8 Å². The van der Waals surface area contributed by atoms with E-state index in [1.807, 2.05) is 21.9 Å². The number of nitrogens with zero attached hydrogens (tertiary/aromatic N) is 4. The molecular weight excluding hydrogens is 1070 g/mol. The number of anilines is 3. The second kappa shape index (κ2) is 29.1. The summed E-state index contributed by atoms with van der Waals surface area (Å²) >= 11 is 23.3. The summed E-state index contributed by atoms with van der Waals surface area (Å²) in [5, 5.41) is 11.6. The van der Waals surface area contributed by atoms with E-state index in [0.717, 1.165) is 27.4 Å². The molecule has 0 spiro atoms. The summed E-state index contributed by atoms with van der Waals surface area (Å²) in [4.78, 5) is 107. The lowest BCUT2D eigenvalue weighted by Crippen LogP contribution is -2.55. The molecule has 0 unspecified atom stereocenters. The number of amides is 5. The Balaban J connectivity index is 0.000000314. The number of aliphatic carboxylic acids is 1. The van der Waals surface area contributed by atoms with E-state index in [0.29, 0.717) is 54.6 Å². The van der Waals surface area contributed by atoms with Gasteiger partial charge in [-0.15, -0.1) is 46.4 Å². The number of alkyl halides is 4. The highest BCUT2D eigenvalue weighted by molar-refractivity contribution is 6.20. The first kappa shape index (κ1) is 57.9. The van der Waals surface area contributed by atoms with Crippen molar-refractivity contribution in [1.29, 1.82) is 0 Å². The van der Waals surface area contributed by atoms with Gasteiger partial charge in [0.05, 0.1) is 16.8 Å². The van der Waals surface area contributed by atoms with Crippen LogP contribution in [0.3, 0.4) is 0 Å². The number of ether oxygens (including phenoxy) is 4. The van der Waals surface area contributed by atoms with Crippen LogP contribution < -0.4 is 29.5 Å². The average molecular weight is 1120 g/mol. The van der Waals surface area contributed by atoms with Crippen LogP contribution in [0, 0.1) is 0 Å².